The van der Waals surface area contributed by atoms with Gasteiger partial charge in [-0.1, -0.05) is 91.6 Å². The number of thiazole rings is 1. The maximum atomic E-state index is 14.0. The number of ether oxygens (including phenoxy) is 3. The van der Waals surface area contributed by atoms with Crippen LogP contribution in [0.2, 0.25) is 5.02 Å². The van der Waals surface area contributed by atoms with Crippen LogP contribution in [0, 0.1) is 0 Å². The number of allylic oxidation sites excluding steroid dienone is 1. The van der Waals surface area contributed by atoms with E-state index in [1.165, 1.54) is 42.6 Å². The highest BCUT2D eigenvalue weighted by molar-refractivity contribution is 7.07. The number of carbonyl (C=O) groups is 1. The minimum Gasteiger partial charge on any atom is -0.490 e. The fourth-order valence-corrected chi connectivity index (χ4v) is 6.61. The molecule has 1 aliphatic heterocycles. The number of carbonyl (C=O) groups excluding carboxylic acids is 1. The van der Waals surface area contributed by atoms with Gasteiger partial charge in [0.1, 0.15) is 24.7 Å². The molecule has 0 radical (unpaired) electrons. The first-order valence-electron chi connectivity index (χ1n) is 15.8. The molecule has 0 N–H and O–H groups in total. The summed E-state index contributed by atoms with van der Waals surface area (Å²) in [7, 11) is 0. The van der Waals surface area contributed by atoms with Crippen LogP contribution in [0.4, 0.5) is 0 Å². The van der Waals surface area contributed by atoms with Crippen molar-refractivity contribution in [3.05, 3.63) is 125 Å². The van der Waals surface area contributed by atoms with Gasteiger partial charge in [-0.2, -0.15) is 0 Å². The van der Waals surface area contributed by atoms with Gasteiger partial charge in [-0.3, -0.25) is 9.36 Å². The van der Waals surface area contributed by atoms with Crippen molar-refractivity contribution in [2.24, 2.45) is 4.99 Å². The van der Waals surface area contributed by atoms with E-state index in [2.05, 4.69) is 24.0 Å². The zero-order chi connectivity index (χ0) is 32.5. The van der Waals surface area contributed by atoms with Gasteiger partial charge in [0.2, 0.25) is 0 Å². The SMILES string of the molecule is CCCCCCc1ccc(OCCOc2ccccc2C=c2sc3n(c2=O)C(c2ccc(Cl)cc2)C(C(=O)OCC)=C(C)N=3)cc1. The molecule has 5 rings (SSSR count). The molecule has 0 bridgehead atoms. The number of hydrogen-bond donors (Lipinski definition) is 0. The molecule has 1 unspecified atom stereocenters. The number of aromatic nitrogens is 1. The van der Waals surface area contributed by atoms with Crippen LogP contribution in [0.5, 0.6) is 11.5 Å². The zero-order valence-electron chi connectivity index (χ0n) is 26.5. The summed E-state index contributed by atoms with van der Waals surface area (Å²) in [4.78, 5) is 32.2. The van der Waals surface area contributed by atoms with Crippen molar-refractivity contribution in [3.8, 4) is 11.5 Å². The first-order chi connectivity index (χ1) is 22.4. The second kappa shape index (κ2) is 15.9. The third-order valence-electron chi connectivity index (χ3n) is 7.76. The van der Waals surface area contributed by atoms with Crippen molar-refractivity contribution in [2.75, 3.05) is 19.8 Å². The first kappa shape index (κ1) is 33.2. The number of fused-ring (bicyclic) bond motifs is 1. The minimum absolute atomic E-state index is 0.209. The van der Waals surface area contributed by atoms with E-state index < -0.39 is 12.0 Å². The van der Waals surface area contributed by atoms with Gasteiger partial charge in [0.25, 0.3) is 5.56 Å². The first-order valence-corrected chi connectivity index (χ1v) is 17.0. The summed E-state index contributed by atoms with van der Waals surface area (Å²) in [5.41, 5.74) is 3.39. The van der Waals surface area contributed by atoms with Crippen molar-refractivity contribution in [3.63, 3.8) is 0 Å². The number of unbranched alkanes of at least 4 members (excludes halogenated alkanes) is 3. The van der Waals surface area contributed by atoms with Gasteiger partial charge in [0.05, 0.1) is 28.5 Å². The fraction of sp³-hybridized carbons (Fsp3) is 0.324. The van der Waals surface area contributed by atoms with Crippen LogP contribution in [0.3, 0.4) is 0 Å². The third kappa shape index (κ3) is 7.98. The topological polar surface area (TPSA) is 79.1 Å². The molecule has 4 aromatic rings. The van der Waals surface area contributed by atoms with Gasteiger partial charge in [-0.25, -0.2) is 9.79 Å². The van der Waals surface area contributed by atoms with Gasteiger partial charge in [0, 0.05) is 10.6 Å². The van der Waals surface area contributed by atoms with Crippen molar-refractivity contribution in [1.82, 2.24) is 4.57 Å². The molecule has 0 fully saturated rings. The van der Waals surface area contributed by atoms with E-state index in [1.54, 1.807) is 30.5 Å². The van der Waals surface area contributed by atoms with Crippen molar-refractivity contribution in [1.29, 1.82) is 0 Å². The highest BCUT2D eigenvalue weighted by Crippen LogP contribution is 2.31. The maximum Gasteiger partial charge on any atom is 0.338 e. The molecule has 0 spiro atoms. The molecule has 2 heterocycles. The fourth-order valence-electron chi connectivity index (χ4n) is 5.44. The van der Waals surface area contributed by atoms with E-state index in [0.717, 1.165) is 23.3 Å². The Morgan fingerprint density at radius 1 is 0.957 bits per heavy atom. The van der Waals surface area contributed by atoms with E-state index in [9.17, 15) is 9.59 Å². The maximum absolute atomic E-state index is 14.0. The normalized spacial score (nSPS) is 14.5. The number of para-hydroxylation sites is 1. The van der Waals surface area contributed by atoms with E-state index in [-0.39, 0.29) is 12.2 Å². The number of benzene rings is 3. The summed E-state index contributed by atoms with van der Waals surface area (Å²) in [5, 5.41) is 0.558. The van der Waals surface area contributed by atoms with Crippen LogP contribution < -0.4 is 24.4 Å². The largest absolute Gasteiger partial charge is 0.490 e. The quantitative estimate of drug-likeness (QED) is 0.107. The van der Waals surface area contributed by atoms with Crippen LogP contribution >= 0.6 is 22.9 Å². The Balaban J connectivity index is 1.34. The van der Waals surface area contributed by atoms with Gasteiger partial charge < -0.3 is 14.2 Å². The summed E-state index contributed by atoms with van der Waals surface area (Å²) in [6, 6.07) is 22.3. The monoisotopic (exact) mass is 658 g/mol. The molecule has 7 nitrogen and oxygen atoms in total. The highest BCUT2D eigenvalue weighted by atomic mass is 35.5. The van der Waals surface area contributed by atoms with E-state index in [4.69, 9.17) is 25.8 Å². The van der Waals surface area contributed by atoms with E-state index >= 15 is 0 Å². The standard InChI is InChI=1S/C37H39ClN2O5S/c1-4-6-7-8-11-26-14-20-30(21-15-26)44-22-23-45-31-13-10-9-12-28(31)24-32-35(41)40-34(27-16-18-29(38)19-17-27)33(36(42)43-5-2)25(3)39-37(40)46-32/h9-10,12-21,24,34H,4-8,11,22-23H2,1-3H3. The van der Waals surface area contributed by atoms with Crippen LogP contribution in [-0.2, 0) is 16.0 Å². The zero-order valence-corrected chi connectivity index (χ0v) is 28.0. The van der Waals surface area contributed by atoms with E-state index in [0.29, 0.717) is 44.6 Å². The summed E-state index contributed by atoms with van der Waals surface area (Å²) >= 11 is 7.43. The molecule has 1 atom stereocenters. The summed E-state index contributed by atoms with van der Waals surface area (Å²) in [5.74, 6) is 0.942. The van der Waals surface area contributed by atoms with E-state index in [1.807, 2.05) is 54.6 Å². The summed E-state index contributed by atoms with van der Waals surface area (Å²) in [6.45, 7) is 6.66. The molecule has 1 aliphatic rings. The predicted molar refractivity (Wildman–Crippen MR) is 184 cm³/mol. The molecule has 3 aromatic carbocycles. The second-order valence-corrected chi connectivity index (χ2v) is 12.5. The molecule has 0 saturated heterocycles. The lowest BCUT2D eigenvalue weighted by Gasteiger charge is -2.24. The molecule has 46 heavy (non-hydrogen) atoms. The Morgan fingerprint density at radius 2 is 1.70 bits per heavy atom. The van der Waals surface area contributed by atoms with Gasteiger partial charge in [0.15, 0.2) is 4.80 Å². The molecule has 1 aromatic heterocycles. The highest BCUT2D eigenvalue weighted by Gasteiger charge is 2.33. The second-order valence-electron chi connectivity index (χ2n) is 11.0. The summed E-state index contributed by atoms with van der Waals surface area (Å²) < 4.78 is 19.4. The summed E-state index contributed by atoms with van der Waals surface area (Å²) in [6.07, 6.45) is 7.89. The van der Waals surface area contributed by atoms with Gasteiger partial charge in [-0.05, 0) is 74.2 Å². The molecule has 0 aliphatic carbocycles. The lowest BCUT2D eigenvalue weighted by Crippen LogP contribution is -2.39. The molecule has 9 heteroatoms. The molecule has 0 saturated carbocycles. The smallest absolute Gasteiger partial charge is 0.338 e. The van der Waals surface area contributed by atoms with Crippen molar-refractivity contribution < 1.29 is 19.0 Å². The Morgan fingerprint density at radius 3 is 2.43 bits per heavy atom. The lowest BCUT2D eigenvalue weighted by molar-refractivity contribution is -0.139. The Bertz CT molecular complexity index is 1860. The van der Waals surface area contributed by atoms with Crippen LogP contribution in [0.15, 0.2) is 93.9 Å². The number of halogens is 1. The molecule has 240 valence electrons. The number of nitrogens with zero attached hydrogens (tertiary/aromatic N) is 2. The van der Waals surface area contributed by atoms with Crippen molar-refractivity contribution in [2.45, 2.75) is 58.9 Å². The average Bonchev–Trinajstić information content (AvgIpc) is 3.36. The number of rotatable bonds is 14. The minimum atomic E-state index is -0.700. The van der Waals surface area contributed by atoms with Crippen LogP contribution in [0.25, 0.3) is 6.08 Å². The Hall–Kier alpha value is -4.14. The lowest BCUT2D eigenvalue weighted by atomic mass is 9.96. The number of esters is 1. The molecular weight excluding hydrogens is 620 g/mol. The Labute approximate surface area is 278 Å². The van der Waals surface area contributed by atoms with Crippen LogP contribution in [0.1, 0.15) is 69.2 Å². The average molecular weight is 659 g/mol. The van der Waals surface area contributed by atoms with Crippen molar-refractivity contribution >= 4 is 35.0 Å². The molecular formula is C37H39ClN2O5S. The van der Waals surface area contributed by atoms with Gasteiger partial charge in [-0.15, -0.1) is 0 Å². The predicted octanol–water partition coefficient (Wildman–Crippen LogP) is 7.03. The van der Waals surface area contributed by atoms with Crippen LogP contribution in [-0.4, -0.2) is 30.4 Å². The Kier molecular flexibility index (Phi) is 11.5. The number of hydrogen-bond acceptors (Lipinski definition) is 7. The number of aryl methyl sites for hydroxylation is 1. The third-order valence-corrected chi connectivity index (χ3v) is 9.00. The van der Waals surface area contributed by atoms with Gasteiger partial charge >= 0.3 is 5.97 Å². The molecule has 0 amide bonds.